The van der Waals surface area contributed by atoms with Crippen LogP contribution in [-0.4, -0.2) is 36.3 Å². The van der Waals surface area contributed by atoms with E-state index in [1.165, 1.54) is 5.56 Å². The molecular formula is C20H22N2O2. The zero-order valence-corrected chi connectivity index (χ0v) is 13.7. The average molecular weight is 322 g/mol. The first-order valence-corrected chi connectivity index (χ1v) is 8.37. The minimum absolute atomic E-state index is 0.0780. The first kappa shape index (κ1) is 16.2. The second kappa shape index (κ2) is 7.77. The molecule has 1 saturated heterocycles. The molecule has 2 amide bonds. The van der Waals surface area contributed by atoms with Crippen molar-refractivity contribution in [2.75, 3.05) is 19.6 Å². The van der Waals surface area contributed by atoms with Gasteiger partial charge in [-0.05, 0) is 24.1 Å². The Labute approximate surface area is 142 Å². The van der Waals surface area contributed by atoms with Crippen LogP contribution in [0.25, 0.3) is 0 Å². The summed E-state index contributed by atoms with van der Waals surface area (Å²) in [5.41, 5.74) is 1.90. The van der Waals surface area contributed by atoms with Gasteiger partial charge in [0.2, 0.25) is 5.91 Å². The summed E-state index contributed by atoms with van der Waals surface area (Å²) in [4.78, 5) is 26.1. The first-order valence-electron chi connectivity index (χ1n) is 8.37. The first-order chi connectivity index (χ1) is 11.7. The van der Waals surface area contributed by atoms with Gasteiger partial charge < -0.3 is 10.2 Å². The molecule has 2 aromatic carbocycles. The number of hydrogen-bond acceptors (Lipinski definition) is 2. The molecule has 1 aliphatic heterocycles. The summed E-state index contributed by atoms with van der Waals surface area (Å²) < 4.78 is 0. The highest BCUT2D eigenvalue weighted by molar-refractivity contribution is 5.94. The van der Waals surface area contributed by atoms with E-state index < -0.39 is 0 Å². The molecule has 1 unspecified atom stereocenters. The minimum Gasteiger partial charge on any atom is -0.352 e. The highest BCUT2D eigenvalue weighted by atomic mass is 16.2. The third-order valence-corrected chi connectivity index (χ3v) is 4.40. The lowest BCUT2D eigenvalue weighted by molar-refractivity contribution is -0.127. The molecular weight excluding hydrogens is 300 g/mol. The second-order valence-corrected chi connectivity index (χ2v) is 6.22. The molecule has 4 heteroatoms. The number of carbonyl (C=O) groups is 2. The van der Waals surface area contributed by atoms with Crippen molar-refractivity contribution in [1.29, 1.82) is 0 Å². The Balaban J connectivity index is 1.45. The van der Waals surface area contributed by atoms with Crippen LogP contribution in [0.4, 0.5) is 0 Å². The van der Waals surface area contributed by atoms with Crippen LogP contribution in [0.2, 0.25) is 0 Å². The van der Waals surface area contributed by atoms with Crippen LogP contribution >= 0.6 is 0 Å². The van der Waals surface area contributed by atoms with Crippen LogP contribution in [-0.2, 0) is 11.2 Å². The van der Waals surface area contributed by atoms with Crippen molar-refractivity contribution < 1.29 is 9.59 Å². The Morgan fingerprint density at radius 1 is 1.04 bits per heavy atom. The third kappa shape index (κ3) is 4.22. The molecule has 0 aliphatic carbocycles. The smallest absolute Gasteiger partial charge is 0.251 e. The number of rotatable bonds is 6. The maximum Gasteiger partial charge on any atom is 0.251 e. The van der Waals surface area contributed by atoms with Gasteiger partial charge in [-0.15, -0.1) is 0 Å². The number of nitrogens with one attached hydrogen (secondary N) is 1. The van der Waals surface area contributed by atoms with E-state index in [1.54, 1.807) is 12.1 Å². The summed E-state index contributed by atoms with van der Waals surface area (Å²) in [7, 11) is 0. The molecule has 1 atom stereocenters. The van der Waals surface area contributed by atoms with E-state index in [-0.39, 0.29) is 17.7 Å². The van der Waals surface area contributed by atoms with E-state index in [4.69, 9.17) is 0 Å². The molecule has 0 radical (unpaired) electrons. The normalized spacial score (nSPS) is 17.1. The molecule has 0 aromatic heterocycles. The SMILES string of the molecule is O=C(NCC1CC(=O)N(CCc2ccccc2)C1)c1ccccc1. The summed E-state index contributed by atoms with van der Waals surface area (Å²) in [6, 6.07) is 19.4. The summed E-state index contributed by atoms with van der Waals surface area (Å²) >= 11 is 0. The quantitative estimate of drug-likeness (QED) is 0.888. The predicted octanol–water partition coefficient (Wildman–Crippen LogP) is 2.51. The fourth-order valence-electron chi connectivity index (χ4n) is 3.04. The van der Waals surface area contributed by atoms with Crippen molar-refractivity contribution in [3.05, 3.63) is 71.8 Å². The fourth-order valence-corrected chi connectivity index (χ4v) is 3.04. The van der Waals surface area contributed by atoms with Gasteiger partial charge in [-0.1, -0.05) is 48.5 Å². The number of amides is 2. The van der Waals surface area contributed by atoms with Gasteiger partial charge in [-0.2, -0.15) is 0 Å². The van der Waals surface area contributed by atoms with E-state index in [0.29, 0.717) is 18.5 Å². The number of nitrogens with zero attached hydrogens (tertiary/aromatic N) is 1. The summed E-state index contributed by atoms with van der Waals surface area (Å²) in [5.74, 6) is 0.302. The lowest BCUT2D eigenvalue weighted by Gasteiger charge is -2.17. The van der Waals surface area contributed by atoms with E-state index in [0.717, 1.165) is 19.5 Å². The molecule has 3 rings (SSSR count). The largest absolute Gasteiger partial charge is 0.352 e. The van der Waals surface area contributed by atoms with Gasteiger partial charge in [0.1, 0.15) is 0 Å². The molecule has 1 fully saturated rings. The van der Waals surface area contributed by atoms with E-state index in [9.17, 15) is 9.59 Å². The van der Waals surface area contributed by atoms with Crippen LogP contribution in [0.15, 0.2) is 60.7 Å². The third-order valence-electron chi connectivity index (χ3n) is 4.40. The molecule has 124 valence electrons. The van der Waals surface area contributed by atoms with Gasteiger partial charge in [0, 0.05) is 37.5 Å². The number of likely N-dealkylation sites (tertiary alicyclic amines) is 1. The molecule has 1 aliphatic rings. The lowest BCUT2D eigenvalue weighted by atomic mass is 10.1. The van der Waals surface area contributed by atoms with Crippen LogP contribution in [0.5, 0.6) is 0 Å². The maximum atomic E-state index is 12.1. The molecule has 0 saturated carbocycles. The predicted molar refractivity (Wildman–Crippen MR) is 93.6 cm³/mol. The average Bonchev–Trinajstić information content (AvgIpc) is 2.99. The Morgan fingerprint density at radius 2 is 1.71 bits per heavy atom. The monoisotopic (exact) mass is 322 g/mol. The molecule has 1 heterocycles. The van der Waals surface area contributed by atoms with Crippen molar-refractivity contribution >= 4 is 11.8 Å². The van der Waals surface area contributed by atoms with Crippen molar-refractivity contribution in [2.24, 2.45) is 5.92 Å². The van der Waals surface area contributed by atoms with Crippen molar-refractivity contribution in [2.45, 2.75) is 12.8 Å². The Kier molecular flexibility index (Phi) is 5.26. The Hall–Kier alpha value is -2.62. The Bertz CT molecular complexity index is 685. The van der Waals surface area contributed by atoms with Crippen molar-refractivity contribution in [3.63, 3.8) is 0 Å². The van der Waals surface area contributed by atoms with E-state index in [1.807, 2.05) is 41.3 Å². The van der Waals surface area contributed by atoms with Crippen LogP contribution in [0.1, 0.15) is 22.3 Å². The molecule has 2 aromatic rings. The fraction of sp³-hybridized carbons (Fsp3) is 0.300. The van der Waals surface area contributed by atoms with Gasteiger partial charge >= 0.3 is 0 Å². The number of hydrogen-bond donors (Lipinski definition) is 1. The Morgan fingerprint density at radius 3 is 2.42 bits per heavy atom. The zero-order valence-electron chi connectivity index (χ0n) is 13.7. The van der Waals surface area contributed by atoms with Gasteiger partial charge in [0.15, 0.2) is 0 Å². The van der Waals surface area contributed by atoms with Gasteiger partial charge in [0.25, 0.3) is 5.91 Å². The number of benzene rings is 2. The van der Waals surface area contributed by atoms with Gasteiger partial charge in [-0.3, -0.25) is 9.59 Å². The zero-order chi connectivity index (χ0) is 16.8. The standard InChI is InChI=1S/C20H22N2O2/c23-19-13-17(14-21-20(24)18-9-5-2-6-10-18)15-22(19)12-11-16-7-3-1-4-8-16/h1-10,17H,11-15H2,(H,21,24). The highest BCUT2D eigenvalue weighted by Gasteiger charge is 2.29. The maximum absolute atomic E-state index is 12.1. The number of carbonyl (C=O) groups excluding carboxylic acids is 2. The molecule has 0 bridgehead atoms. The molecule has 0 spiro atoms. The summed E-state index contributed by atoms with van der Waals surface area (Å²) in [6.45, 7) is 2.01. The van der Waals surface area contributed by atoms with E-state index >= 15 is 0 Å². The molecule has 1 N–H and O–H groups in total. The summed E-state index contributed by atoms with van der Waals surface area (Å²) in [5, 5.41) is 2.94. The summed E-state index contributed by atoms with van der Waals surface area (Å²) in [6.07, 6.45) is 1.39. The molecule has 24 heavy (non-hydrogen) atoms. The minimum atomic E-state index is -0.0780. The molecule has 4 nitrogen and oxygen atoms in total. The highest BCUT2D eigenvalue weighted by Crippen LogP contribution is 2.17. The van der Waals surface area contributed by atoms with Gasteiger partial charge in [-0.25, -0.2) is 0 Å². The second-order valence-electron chi connectivity index (χ2n) is 6.22. The topological polar surface area (TPSA) is 49.4 Å². The van der Waals surface area contributed by atoms with Gasteiger partial charge in [0.05, 0.1) is 0 Å². The van der Waals surface area contributed by atoms with Crippen molar-refractivity contribution in [3.8, 4) is 0 Å². The van der Waals surface area contributed by atoms with Crippen LogP contribution in [0.3, 0.4) is 0 Å². The van der Waals surface area contributed by atoms with Crippen LogP contribution in [0, 0.1) is 5.92 Å². The van der Waals surface area contributed by atoms with Crippen LogP contribution < -0.4 is 5.32 Å². The lowest BCUT2D eigenvalue weighted by Crippen LogP contribution is -2.32. The van der Waals surface area contributed by atoms with Crippen molar-refractivity contribution in [1.82, 2.24) is 10.2 Å². The van der Waals surface area contributed by atoms with E-state index in [2.05, 4.69) is 17.4 Å².